The van der Waals surface area contributed by atoms with Crippen LogP contribution in [-0.4, -0.2) is 30.4 Å². The first kappa shape index (κ1) is 11.2. The number of rotatable bonds is 6. The highest BCUT2D eigenvalue weighted by atomic mass is 16.2. The highest BCUT2D eigenvalue weighted by Gasteiger charge is 2.34. The first-order valence-corrected chi connectivity index (χ1v) is 5.27. The average Bonchev–Trinajstić information content (AvgIpc) is 2.99. The van der Waals surface area contributed by atoms with Crippen molar-refractivity contribution >= 4 is 5.91 Å². The Morgan fingerprint density at radius 3 is 2.79 bits per heavy atom. The molecule has 1 saturated carbocycles. The highest BCUT2D eigenvalue weighted by molar-refractivity contribution is 5.76. The van der Waals surface area contributed by atoms with E-state index in [2.05, 4.69) is 6.58 Å². The average molecular weight is 196 g/mol. The number of carbonyl (C=O) groups excluding carboxylic acids is 1. The van der Waals surface area contributed by atoms with Gasteiger partial charge in [-0.25, -0.2) is 0 Å². The zero-order valence-electron chi connectivity index (χ0n) is 8.91. The maximum absolute atomic E-state index is 11.7. The Balaban J connectivity index is 2.39. The summed E-state index contributed by atoms with van der Waals surface area (Å²) < 4.78 is 0. The zero-order chi connectivity index (χ0) is 10.6. The van der Waals surface area contributed by atoms with Crippen molar-refractivity contribution in [2.45, 2.75) is 31.7 Å². The fourth-order valence-corrected chi connectivity index (χ4v) is 1.73. The minimum Gasteiger partial charge on any atom is -0.341 e. The molecule has 1 aliphatic carbocycles. The monoisotopic (exact) mass is 196 g/mol. The Bertz CT molecular complexity index is 211. The quantitative estimate of drug-likeness (QED) is 0.648. The lowest BCUT2D eigenvalue weighted by molar-refractivity contribution is -0.132. The van der Waals surface area contributed by atoms with Crippen molar-refractivity contribution < 1.29 is 4.79 Å². The Morgan fingerprint density at radius 1 is 1.71 bits per heavy atom. The van der Waals surface area contributed by atoms with Crippen molar-refractivity contribution in [2.24, 2.45) is 11.7 Å². The molecule has 80 valence electrons. The maximum Gasteiger partial charge on any atom is 0.222 e. The normalized spacial score (nSPS) is 17.6. The minimum absolute atomic E-state index is 0.187. The third kappa shape index (κ3) is 2.84. The second-order valence-corrected chi connectivity index (χ2v) is 3.97. The first-order chi connectivity index (χ1) is 6.70. The summed E-state index contributed by atoms with van der Waals surface area (Å²) in [7, 11) is 1.86. The van der Waals surface area contributed by atoms with Crippen LogP contribution < -0.4 is 5.73 Å². The summed E-state index contributed by atoms with van der Waals surface area (Å²) in [6.07, 6.45) is 5.54. The molecule has 0 bridgehead atoms. The lowest BCUT2D eigenvalue weighted by Crippen LogP contribution is -2.43. The molecule has 0 aliphatic heterocycles. The molecule has 1 fully saturated rings. The number of nitrogens with two attached hydrogens (primary N) is 1. The van der Waals surface area contributed by atoms with Crippen molar-refractivity contribution in [3.63, 3.8) is 0 Å². The van der Waals surface area contributed by atoms with Gasteiger partial charge in [-0.05, 0) is 25.2 Å². The summed E-state index contributed by atoms with van der Waals surface area (Å²) in [5.74, 6) is 0.838. The largest absolute Gasteiger partial charge is 0.341 e. The van der Waals surface area contributed by atoms with Gasteiger partial charge >= 0.3 is 0 Å². The van der Waals surface area contributed by atoms with Crippen LogP contribution >= 0.6 is 0 Å². The molecule has 14 heavy (non-hydrogen) atoms. The number of nitrogens with zero attached hydrogens (tertiary/aromatic N) is 1. The molecule has 0 aromatic rings. The standard InChI is InChI=1S/C11H20N2O/c1-3-4-5-11(14)13(2)10(8-12)9-6-7-9/h3,9-10H,1,4-8,12H2,2H3. The smallest absolute Gasteiger partial charge is 0.222 e. The van der Waals surface area contributed by atoms with Gasteiger partial charge in [0.2, 0.25) is 5.91 Å². The molecule has 3 heteroatoms. The maximum atomic E-state index is 11.7. The van der Waals surface area contributed by atoms with E-state index in [-0.39, 0.29) is 11.9 Å². The van der Waals surface area contributed by atoms with Crippen molar-refractivity contribution in [2.75, 3.05) is 13.6 Å². The summed E-state index contributed by atoms with van der Waals surface area (Å²) in [5, 5.41) is 0. The number of likely N-dealkylation sites (N-methyl/N-ethyl adjacent to an activating group) is 1. The van der Waals surface area contributed by atoms with Crippen LogP contribution in [0, 0.1) is 5.92 Å². The molecule has 2 N–H and O–H groups in total. The Kier molecular flexibility index (Phi) is 4.14. The van der Waals surface area contributed by atoms with Crippen molar-refractivity contribution in [1.82, 2.24) is 4.90 Å². The van der Waals surface area contributed by atoms with Gasteiger partial charge in [0.15, 0.2) is 0 Å². The van der Waals surface area contributed by atoms with E-state index < -0.39 is 0 Å². The fourth-order valence-electron chi connectivity index (χ4n) is 1.73. The summed E-state index contributed by atoms with van der Waals surface area (Å²) >= 11 is 0. The molecule has 0 radical (unpaired) electrons. The molecule has 1 unspecified atom stereocenters. The van der Waals surface area contributed by atoms with Gasteiger partial charge in [0.05, 0.1) is 0 Å². The molecule has 0 heterocycles. The summed E-state index contributed by atoms with van der Waals surface area (Å²) in [6.45, 7) is 4.19. The molecule has 0 saturated heterocycles. The summed E-state index contributed by atoms with van der Waals surface area (Å²) in [5.41, 5.74) is 5.67. The van der Waals surface area contributed by atoms with E-state index in [0.29, 0.717) is 18.9 Å². The van der Waals surface area contributed by atoms with Crippen LogP contribution in [0.5, 0.6) is 0 Å². The number of allylic oxidation sites excluding steroid dienone is 1. The number of carbonyl (C=O) groups is 1. The zero-order valence-corrected chi connectivity index (χ0v) is 8.91. The molecule has 0 aromatic heterocycles. The molecule has 3 nitrogen and oxygen atoms in total. The molecule has 0 spiro atoms. The number of amides is 1. The van der Waals surface area contributed by atoms with Crippen LogP contribution in [0.15, 0.2) is 12.7 Å². The van der Waals surface area contributed by atoms with Gasteiger partial charge in [-0.3, -0.25) is 4.79 Å². The van der Waals surface area contributed by atoms with Crippen LogP contribution in [0.4, 0.5) is 0 Å². The van der Waals surface area contributed by atoms with E-state index in [1.165, 1.54) is 12.8 Å². The van der Waals surface area contributed by atoms with Crippen LogP contribution in [0.25, 0.3) is 0 Å². The second-order valence-electron chi connectivity index (χ2n) is 3.97. The van der Waals surface area contributed by atoms with E-state index in [4.69, 9.17) is 5.73 Å². The fraction of sp³-hybridized carbons (Fsp3) is 0.727. The topological polar surface area (TPSA) is 46.3 Å². The Hall–Kier alpha value is -0.830. The van der Waals surface area contributed by atoms with E-state index in [1.54, 1.807) is 6.08 Å². The Labute approximate surface area is 86.0 Å². The third-order valence-corrected chi connectivity index (χ3v) is 2.86. The predicted molar refractivity (Wildman–Crippen MR) is 57.8 cm³/mol. The van der Waals surface area contributed by atoms with Crippen LogP contribution in [0.1, 0.15) is 25.7 Å². The molecule has 1 rings (SSSR count). The van der Waals surface area contributed by atoms with E-state index >= 15 is 0 Å². The third-order valence-electron chi connectivity index (χ3n) is 2.86. The molecule has 0 aromatic carbocycles. The summed E-state index contributed by atoms with van der Waals surface area (Å²) in [4.78, 5) is 13.5. The second kappa shape index (κ2) is 5.15. The first-order valence-electron chi connectivity index (χ1n) is 5.27. The van der Waals surface area contributed by atoms with Gasteiger partial charge in [0, 0.05) is 26.1 Å². The summed E-state index contributed by atoms with van der Waals surface area (Å²) in [6, 6.07) is 0.257. The van der Waals surface area contributed by atoms with Gasteiger partial charge in [0.1, 0.15) is 0 Å². The lowest BCUT2D eigenvalue weighted by Gasteiger charge is -2.27. The lowest BCUT2D eigenvalue weighted by atomic mass is 10.1. The van der Waals surface area contributed by atoms with Gasteiger partial charge < -0.3 is 10.6 Å². The number of hydrogen-bond donors (Lipinski definition) is 1. The SMILES string of the molecule is C=CCCC(=O)N(C)C(CN)C1CC1. The molecule has 1 aliphatic rings. The molecule has 1 amide bonds. The van der Waals surface area contributed by atoms with Gasteiger partial charge in [-0.15, -0.1) is 6.58 Å². The van der Waals surface area contributed by atoms with E-state index in [0.717, 1.165) is 6.42 Å². The van der Waals surface area contributed by atoms with Gasteiger partial charge in [-0.2, -0.15) is 0 Å². The minimum atomic E-state index is 0.187. The van der Waals surface area contributed by atoms with Crippen molar-refractivity contribution in [3.05, 3.63) is 12.7 Å². The van der Waals surface area contributed by atoms with Crippen LogP contribution in [0.3, 0.4) is 0 Å². The van der Waals surface area contributed by atoms with Gasteiger partial charge in [0.25, 0.3) is 0 Å². The van der Waals surface area contributed by atoms with E-state index in [1.807, 2.05) is 11.9 Å². The van der Waals surface area contributed by atoms with Gasteiger partial charge in [-0.1, -0.05) is 6.08 Å². The molecular formula is C11H20N2O. The number of hydrogen-bond acceptors (Lipinski definition) is 2. The highest BCUT2D eigenvalue weighted by Crippen LogP contribution is 2.34. The molecule has 1 atom stereocenters. The van der Waals surface area contributed by atoms with E-state index in [9.17, 15) is 4.79 Å². The van der Waals surface area contributed by atoms with Crippen molar-refractivity contribution in [1.29, 1.82) is 0 Å². The molecular weight excluding hydrogens is 176 g/mol. The van der Waals surface area contributed by atoms with Crippen LogP contribution in [-0.2, 0) is 4.79 Å². The van der Waals surface area contributed by atoms with Crippen molar-refractivity contribution in [3.8, 4) is 0 Å². The Morgan fingerprint density at radius 2 is 2.36 bits per heavy atom. The predicted octanol–water partition coefficient (Wildman–Crippen LogP) is 1.15. The van der Waals surface area contributed by atoms with Crippen LogP contribution in [0.2, 0.25) is 0 Å².